The Bertz CT molecular complexity index is 760. The number of thiophene rings is 1. The summed E-state index contributed by atoms with van der Waals surface area (Å²) in [5.74, 6) is 1.13. The average molecular weight is 316 g/mol. The fraction of sp³-hybridized carbons (Fsp3) is 0.188. The van der Waals surface area contributed by atoms with Crippen molar-refractivity contribution >= 4 is 28.8 Å². The molecule has 0 spiro atoms. The van der Waals surface area contributed by atoms with Gasteiger partial charge < -0.3 is 5.32 Å². The van der Waals surface area contributed by atoms with E-state index in [2.05, 4.69) is 22.8 Å². The lowest BCUT2D eigenvalue weighted by Gasteiger charge is -2.06. The van der Waals surface area contributed by atoms with Gasteiger partial charge in [-0.25, -0.2) is 4.68 Å². The zero-order chi connectivity index (χ0) is 14.2. The highest BCUT2D eigenvalue weighted by molar-refractivity contribution is 7.09. The molecular formula is C16H14ClN3S. The number of benzene rings is 1. The molecule has 0 saturated heterocycles. The van der Waals surface area contributed by atoms with Crippen LogP contribution in [0.5, 0.6) is 0 Å². The van der Waals surface area contributed by atoms with Crippen LogP contribution < -0.4 is 5.32 Å². The van der Waals surface area contributed by atoms with Gasteiger partial charge in [-0.05, 0) is 42.1 Å². The average Bonchev–Trinajstić information content (AvgIpc) is 3.19. The van der Waals surface area contributed by atoms with Crippen molar-refractivity contribution in [3.05, 3.63) is 62.9 Å². The Morgan fingerprint density at radius 3 is 2.86 bits per heavy atom. The third kappa shape index (κ3) is 2.34. The minimum absolute atomic E-state index is 0.745. The van der Waals surface area contributed by atoms with Crippen molar-refractivity contribution in [3.8, 4) is 5.69 Å². The quantitative estimate of drug-likeness (QED) is 0.787. The van der Waals surface area contributed by atoms with E-state index in [1.807, 2.05) is 28.9 Å². The molecule has 2 aromatic heterocycles. The van der Waals surface area contributed by atoms with Gasteiger partial charge in [-0.1, -0.05) is 17.7 Å². The lowest BCUT2D eigenvalue weighted by molar-refractivity contribution is 0.842. The Labute approximate surface area is 132 Å². The summed E-state index contributed by atoms with van der Waals surface area (Å²) in [6, 6.07) is 12.1. The van der Waals surface area contributed by atoms with Gasteiger partial charge in [0.2, 0.25) is 0 Å². The summed E-state index contributed by atoms with van der Waals surface area (Å²) in [4.78, 5) is 1.35. The molecule has 3 aromatic rings. The van der Waals surface area contributed by atoms with E-state index in [-0.39, 0.29) is 0 Å². The molecule has 1 N–H and O–H groups in total. The summed E-state index contributed by atoms with van der Waals surface area (Å²) < 4.78 is 2.00. The molecule has 5 heteroatoms. The van der Waals surface area contributed by atoms with E-state index < -0.39 is 0 Å². The van der Waals surface area contributed by atoms with E-state index in [4.69, 9.17) is 16.7 Å². The summed E-state index contributed by atoms with van der Waals surface area (Å²) in [7, 11) is 0. The molecule has 21 heavy (non-hydrogen) atoms. The maximum Gasteiger partial charge on any atom is 0.133 e. The molecular weight excluding hydrogens is 302 g/mol. The van der Waals surface area contributed by atoms with Gasteiger partial charge in [0.05, 0.1) is 11.4 Å². The van der Waals surface area contributed by atoms with E-state index in [1.54, 1.807) is 11.3 Å². The summed E-state index contributed by atoms with van der Waals surface area (Å²) >= 11 is 7.76. The molecule has 0 aliphatic carbocycles. The summed E-state index contributed by atoms with van der Waals surface area (Å²) in [5.41, 5.74) is 3.56. The minimum atomic E-state index is 0.745. The topological polar surface area (TPSA) is 29.9 Å². The number of anilines is 1. The third-order valence-corrected chi connectivity index (χ3v) is 4.86. The van der Waals surface area contributed by atoms with Crippen molar-refractivity contribution < 1.29 is 0 Å². The highest BCUT2D eigenvalue weighted by Crippen LogP contribution is 2.30. The van der Waals surface area contributed by atoms with Crippen molar-refractivity contribution in [2.45, 2.75) is 12.8 Å². The maximum atomic E-state index is 5.97. The number of hydrogen-bond acceptors (Lipinski definition) is 3. The summed E-state index contributed by atoms with van der Waals surface area (Å²) in [5, 5.41) is 11.1. The van der Waals surface area contributed by atoms with E-state index in [9.17, 15) is 0 Å². The fourth-order valence-electron chi connectivity index (χ4n) is 2.74. The van der Waals surface area contributed by atoms with Crippen LogP contribution in [-0.2, 0) is 12.8 Å². The molecule has 4 rings (SSSR count). The fourth-order valence-corrected chi connectivity index (χ4v) is 3.57. The molecule has 106 valence electrons. The van der Waals surface area contributed by atoms with Crippen LogP contribution >= 0.6 is 22.9 Å². The molecule has 0 radical (unpaired) electrons. The number of nitrogens with one attached hydrogen (secondary N) is 1. The van der Waals surface area contributed by atoms with Crippen LogP contribution in [0, 0.1) is 0 Å². The van der Waals surface area contributed by atoms with Crippen LogP contribution in [0.25, 0.3) is 5.69 Å². The Hall–Kier alpha value is -1.78. The second-order valence-electron chi connectivity index (χ2n) is 5.09. The van der Waals surface area contributed by atoms with Crippen LogP contribution in [0.3, 0.4) is 0 Å². The highest BCUT2D eigenvalue weighted by atomic mass is 35.5. The molecule has 0 unspecified atom stereocenters. The highest BCUT2D eigenvalue weighted by Gasteiger charge is 2.23. The SMILES string of the molecule is Clc1ccc(-n2nc(Cc3cccs3)c3c2NCC3)cc1. The monoisotopic (exact) mass is 315 g/mol. The van der Waals surface area contributed by atoms with Crippen molar-refractivity contribution in [2.75, 3.05) is 11.9 Å². The number of fused-ring (bicyclic) bond motifs is 1. The van der Waals surface area contributed by atoms with Crippen LogP contribution in [0.15, 0.2) is 41.8 Å². The molecule has 1 aromatic carbocycles. The molecule has 3 nitrogen and oxygen atoms in total. The summed E-state index contributed by atoms with van der Waals surface area (Å²) in [6.45, 7) is 0.984. The first-order valence-corrected chi connectivity index (χ1v) is 8.20. The molecule has 1 aliphatic heterocycles. The number of rotatable bonds is 3. The normalized spacial score (nSPS) is 13.2. The largest absolute Gasteiger partial charge is 0.369 e. The molecule has 0 amide bonds. The van der Waals surface area contributed by atoms with E-state index in [0.29, 0.717) is 0 Å². The number of nitrogens with zero attached hydrogens (tertiary/aromatic N) is 2. The number of aromatic nitrogens is 2. The molecule has 3 heterocycles. The maximum absolute atomic E-state index is 5.97. The van der Waals surface area contributed by atoms with Crippen LogP contribution in [0.2, 0.25) is 5.02 Å². The first kappa shape index (κ1) is 12.9. The predicted molar refractivity (Wildman–Crippen MR) is 87.9 cm³/mol. The predicted octanol–water partition coefficient (Wildman–Crippen LogP) is 4.15. The second-order valence-corrected chi connectivity index (χ2v) is 6.56. The van der Waals surface area contributed by atoms with Gasteiger partial charge >= 0.3 is 0 Å². The van der Waals surface area contributed by atoms with Gasteiger partial charge in [0.25, 0.3) is 0 Å². The van der Waals surface area contributed by atoms with Gasteiger partial charge in [0.15, 0.2) is 0 Å². The third-order valence-electron chi connectivity index (χ3n) is 3.73. The Balaban J connectivity index is 1.76. The van der Waals surface area contributed by atoms with Crippen LogP contribution in [0.1, 0.15) is 16.1 Å². The van der Waals surface area contributed by atoms with E-state index in [1.165, 1.54) is 16.1 Å². The first-order chi connectivity index (χ1) is 10.3. The van der Waals surface area contributed by atoms with E-state index >= 15 is 0 Å². The lowest BCUT2D eigenvalue weighted by Crippen LogP contribution is -2.04. The molecule has 0 fully saturated rings. The number of halogens is 1. The Kier molecular flexibility index (Phi) is 3.20. The van der Waals surface area contributed by atoms with Crippen LogP contribution in [-0.4, -0.2) is 16.3 Å². The Morgan fingerprint density at radius 1 is 1.24 bits per heavy atom. The lowest BCUT2D eigenvalue weighted by atomic mass is 10.1. The zero-order valence-electron chi connectivity index (χ0n) is 11.3. The van der Waals surface area contributed by atoms with E-state index in [0.717, 1.165) is 35.9 Å². The molecule has 1 aliphatic rings. The standard InChI is InChI=1S/C16H14ClN3S/c17-11-3-5-12(6-4-11)20-16-14(7-8-18-16)15(19-20)10-13-2-1-9-21-13/h1-6,9,18H,7-8,10H2. The molecule has 0 saturated carbocycles. The minimum Gasteiger partial charge on any atom is -0.369 e. The smallest absolute Gasteiger partial charge is 0.133 e. The summed E-state index contributed by atoms with van der Waals surface area (Å²) in [6.07, 6.45) is 1.95. The zero-order valence-corrected chi connectivity index (χ0v) is 12.9. The van der Waals surface area contributed by atoms with Gasteiger partial charge in [-0.2, -0.15) is 5.10 Å². The van der Waals surface area contributed by atoms with Gasteiger partial charge in [-0.3, -0.25) is 0 Å². The first-order valence-electron chi connectivity index (χ1n) is 6.94. The van der Waals surface area contributed by atoms with Gasteiger partial charge in [0.1, 0.15) is 5.82 Å². The van der Waals surface area contributed by atoms with Gasteiger partial charge in [0, 0.05) is 28.4 Å². The Morgan fingerprint density at radius 2 is 2.10 bits per heavy atom. The van der Waals surface area contributed by atoms with Crippen molar-refractivity contribution in [1.29, 1.82) is 0 Å². The molecule has 0 bridgehead atoms. The van der Waals surface area contributed by atoms with Gasteiger partial charge in [-0.15, -0.1) is 11.3 Å². The number of hydrogen-bond donors (Lipinski definition) is 1. The van der Waals surface area contributed by atoms with Crippen molar-refractivity contribution in [1.82, 2.24) is 9.78 Å². The van der Waals surface area contributed by atoms with Crippen LogP contribution in [0.4, 0.5) is 5.82 Å². The molecule has 0 atom stereocenters. The second kappa shape index (κ2) is 5.20. The van der Waals surface area contributed by atoms with Crippen molar-refractivity contribution in [2.24, 2.45) is 0 Å². The van der Waals surface area contributed by atoms with Crippen molar-refractivity contribution in [3.63, 3.8) is 0 Å².